The Labute approximate surface area is 156 Å². The molecule has 26 heavy (non-hydrogen) atoms. The molecule has 0 radical (unpaired) electrons. The Bertz CT molecular complexity index is 921. The number of Topliss-reactive ketones (excluding diaryl/α,β-unsaturated/α-hetero) is 1. The fourth-order valence-corrected chi connectivity index (χ4v) is 3.54. The van der Waals surface area contributed by atoms with Gasteiger partial charge in [0.05, 0.1) is 10.8 Å². The molecule has 0 saturated heterocycles. The van der Waals surface area contributed by atoms with Gasteiger partial charge in [0.2, 0.25) is 0 Å². The van der Waals surface area contributed by atoms with E-state index < -0.39 is 0 Å². The lowest BCUT2D eigenvalue weighted by Gasteiger charge is -2.10. The maximum atomic E-state index is 14.0. The van der Waals surface area contributed by atoms with Gasteiger partial charge in [-0.15, -0.1) is 10.2 Å². The highest BCUT2D eigenvalue weighted by molar-refractivity contribution is 8.00. The molecule has 0 spiro atoms. The summed E-state index contributed by atoms with van der Waals surface area (Å²) in [6.45, 7) is 3.93. The van der Waals surface area contributed by atoms with E-state index in [4.69, 9.17) is 0 Å². The number of hydrogen-bond acceptors (Lipinski definition) is 4. The summed E-state index contributed by atoms with van der Waals surface area (Å²) in [4.78, 5) is 12.7. The third-order valence-corrected chi connectivity index (χ3v) is 5.38. The number of carbonyl (C=O) groups excluding carboxylic acids is 1. The third kappa shape index (κ3) is 3.70. The van der Waals surface area contributed by atoms with Crippen LogP contribution in [0.15, 0.2) is 53.7 Å². The number of aryl methyl sites for hydroxylation is 1. The lowest BCUT2D eigenvalue weighted by molar-refractivity contribution is 0.0994. The molecular formula is C20H20FN3OS. The van der Waals surface area contributed by atoms with Crippen molar-refractivity contribution in [3.63, 3.8) is 0 Å². The second-order valence-electron chi connectivity index (χ2n) is 6.02. The van der Waals surface area contributed by atoms with Crippen molar-refractivity contribution in [1.29, 1.82) is 0 Å². The zero-order valence-corrected chi connectivity index (χ0v) is 15.8. The second-order valence-corrected chi connectivity index (χ2v) is 7.33. The minimum atomic E-state index is -0.348. The second kappa shape index (κ2) is 7.83. The Balaban J connectivity index is 1.78. The Morgan fingerprint density at radius 3 is 2.50 bits per heavy atom. The van der Waals surface area contributed by atoms with E-state index in [0.717, 1.165) is 6.42 Å². The average molecular weight is 369 g/mol. The molecule has 0 aliphatic carbocycles. The van der Waals surface area contributed by atoms with Crippen LogP contribution in [0.2, 0.25) is 0 Å². The van der Waals surface area contributed by atoms with Crippen molar-refractivity contribution in [3.05, 3.63) is 65.5 Å². The Morgan fingerprint density at radius 1 is 1.15 bits per heavy atom. The van der Waals surface area contributed by atoms with Gasteiger partial charge in [-0.05, 0) is 31.0 Å². The predicted molar refractivity (Wildman–Crippen MR) is 102 cm³/mol. The van der Waals surface area contributed by atoms with E-state index >= 15 is 0 Å². The van der Waals surface area contributed by atoms with Crippen LogP contribution in [0.5, 0.6) is 0 Å². The number of halogens is 1. The minimum absolute atomic E-state index is 0.0353. The Morgan fingerprint density at radius 2 is 1.85 bits per heavy atom. The average Bonchev–Trinajstić information content (AvgIpc) is 3.02. The molecular weight excluding hydrogens is 349 g/mol. The number of benzene rings is 2. The lowest BCUT2D eigenvalue weighted by Crippen LogP contribution is -2.14. The fraction of sp³-hybridized carbons (Fsp3) is 0.250. The van der Waals surface area contributed by atoms with Gasteiger partial charge in [-0.25, -0.2) is 4.39 Å². The first-order valence-electron chi connectivity index (χ1n) is 8.45. The minimum Gasteiger partial charge on any atom is -0.305 e. The number of hydrogen-bond donors (Lipinski definition) is 0. The van der Waals surface area contributed by atoms with Gasteiger partial charge in [0, 0.05) is 12.6 Å². The van der Waals surface area contributed by atoms with E-state index in [9.17, 15) is 9.18 Å². The summed E-state index contributed by atoms with van der Waals surface area (Å²) >= 11 is 1.32. The van der Waals surface area contributed by atoms with Crippen LogP contribution in [-0.2, 0) is 13.5 Å². The smallest absolute Gasteiger partial charge is 0.191 e. The van der Waals surface area contributed by atoms with Gasteiger partial charge in [-0.3, -0.25) is 4.79 Å². The van der Waals surface area contributed by atoms with E-state index in [1.165, 1.54) is 23.4 Å². The predicted octanol–water partition coefficient (Wildman–Crippen LogP) is 4.55. The first-order valence-corrected chi connectivity index (χ1v) is 9.33. The highest BCUT2D eigenvalue weighted by atomic mass is 32.2. The molecule has 2 aromatic carbocycles. The van der Waals surface area contributed by atoms with E-state index in [-0.39, 0.29) is 16.9 Å². The molecule has 4 nitrogen and oxygen atoms in total. The summed E-state index contributed by atoms with van der Waals surface area (Å²) in [5.41, 5.74) is 2.27. The van der Waals surface area contributed by atoms with Crippen LogP contribution in [0.3, 0.4) is 0 Å². The van der Waals surface area contributed by atoms with Crippen molar-refractivity contribution in [2.24, 2.45) is 7.05 Å². The quantitative estimate of drug-likeness (QED) is 0.472. The van der Waals surface area contributed by atoms with Crippen molar-refractivity contribution in [1.82, 2.24) is 14.8 Å². The molecule has 0 aliphatic heterocycles. The lowest BCUT2D eigenvalue weighted by atomic mass is 10.1. The summed E-state index contributed by atoms with van der Waals surface area (Å²) in [5.74, 6) is 0.130. The zero-order valence-electron chi connectivity index (χ0n) is 14.9. The summed E-state index contributed by atoms with van der Waals surface area (Å²) in [6.07, 6.45) is 0.941. The van der Waals surface area contributed by atoms with E-state index in [1.807, 2.05) is 31.2 Å². The van der Waals surface area contributed by atoms with E-state index in [1.54, 1.807) is 29.8 Å². The maximum Gasteiger partial charge on any atom is 0.191 e. The maximum absolute atomic E-state index is 14.0. The van der Waals surface area contributed by atoms with Crippen molar-refractivity contribution in [2.75, 3.05) is 0 Å². The van der Waals surface area contributed by atoms with Gasteiger partial charge >= 0.3 is 0 Å². The number of thioether (sulfide) groups is 1. The van der Waals surface area contributed by atoms with Gasteiger partial charge in [0.25, 0.3) is 0 Å². The molecule has 0 bridgehead atoms. The highest BCUT2D eigenvalue weighted by Gasteiger charge is 2.21. The van der Waals surface area contributed by atoms with Gasteiger partial charge in [-0.1, -0.05) is 55.1 Å². The normalized spacial score (nSPS) is 12.2. The van der Waals surface area contributed by atoms with Crippen molar-refractivity contribution in [2.45, 2.75) is 30.7 Å². The summed E-state index contributed by atoms with van der Waals surface area (Å²) in [6, 6.07) is 14.1. The molecule has 0 fully saturated rings. The molecule has 0 aliphatic rings. The number of ketones is 1. The van der Waals surface area contributed by atoms with Gasteiger partial charge in [-0.2, -0.15) is 0 Å². The number of nitrogens with zero attached hydrogens (tertiary/aromatic N) is 3. The van der Waals surface area contributed by atoms with Gasteiger partial charge in [0.15, 0.2) is 16.8 Å². The molecule has 3 aromatic rings. The fourth-order valence-electron chi connectivity index (χ4n) is 2.65. The first kappa shape index (κ1) is 18.3. The molecule has 0 N–H and O–H groups in total. The number of rotatable bonds is 6. The number of aromatic nitrogens is 3. The van der Waals surface area contributed by atoms with E-state index in [0.29, 0.717) is 22.1 Å². The molecule has 3 rings (SSSR count). The van der Waals surface area contributed by atoms with Gasteiger partial charge in [0.1, 0.15) is 5.82 Å². The SMILES string of the molecule is CCc1ccc(C(=O)[C@@H](C)Sc2nnc(-c3ccccc3F)n2C)cc1. The molecule has 0 saturated carbocycles. The summed E-state index contributed by atoms with van der Waals surface area (Å²) < 4.78 is 15.7. The summed E-state index contributed by atoms with van der Waals surface area (Å²) in [5, 5.41) is 8.49. The van der Waals surface area contributed by atoms with Crippen LogP contribution in [-0.4, -0.2) is 25.8 Å². The van der Waals surface area contributed by atoms with Crippen LogP contribution >= 0.6 is 11.8 Å². The molecule has 1 heterocycles. The molecule has 6 heteroatoms. The van der Waals surface area contributed by atoms with Crippen LogP contribution in [0.1, 0.15) is 29.8 Å². The zero-order chi connectivity index (χ0) is 18.7. The Hall–Kier alpha value is -2.47. The van der Waals surface area contributed by atoms with Crippen molar-refractivity contribution >= 4 is 17.5 Å². The third-order valence-electron chi connectivity index (χ3n) is 4.25. The molecule has 134 valence electrons. The monoisotopic (exact) mass is 369 g/mol. The Kier molecular flexibility index (Phi) is 5.52. The van der Waals surface area contributed by atoms with Crippen LogP contribution in [0.4, 0.5) is 4.39 Å². The number of carbonyl (C=O) groups is 1. The molecule has 0 amide bonds. The van der Waals surface area contributed by atoms with Crippen molar-refractivity contribution in [3.8, 4) is 11.4 Å². The highest BCUT2D eigenvalue weighted by Crippen LogP contribution is 2.28. The standard InChI is InChI=1S/C20H20FN3OS/c1-4-14-9-11-15(12-10-14)18(25)13(2)26-20-23-22-19(24(20)3)16-7-5-6-8-17(16)21/h5-13H,4H2,1-3H3/t13-/m1/s1. The molecule has 0 unspecified atom stereocenters. The first-order chi connectivity index (χ1) is 12.5. The molecule has 1 aromatic heterocycles. The summed E-state index contributed by atoms with van der Waals surface area (Å²) in [7, 11) is 1.78. The topological polar surface area (TPSA) is 47.8 Å². The van der Waals surface area contributed by atoms with Crippen LogP contribution in [0, 0.1) is 5.82 Å². The van der Waals surface area contributed by atoms with Crippen LogP contribution in [0.25, 0.3) is 11.4 Å². The van der Waals surface area contributed by atoms with E-state index in [2.05, 4.69) is 17.1 Å². The van der Waals surface area contributed by atoms with Crippen LogP contribution < -0.4 is 0 Å². The molecule has 1 atom stereocenters. The largest absolute Gasteiger partial charge is 0.305 e. The van der Waals surface area contributed by atoms with Crippen molar-refractivity contribution < 1.29 is 9.18 Å². The van der Waals surface area contributed by atoms with Gasteiger partial charge < -0.3 is 4.57 Å².